The Morgan fingerprint density at radius 3 is 2.47 bits per heavy atom. The fourth-order valence-electron chi connectivity index (χ4n) is 1.41. The molecule has 0 amide bonds. The quantitative estimate of drug-likeness (QED) is 0.770. The molecule has 0 fully saturated rings. The molecule has 0 atom stereocenters. The summed E-state index contributed by atoms with van der Waals surface area (Å²) in [5.74, 6) is 0.843. The summed E-state index contributed by atoms with van der Waals surface area (Å²) in [4.78, 5) is 19.5. The first-order valence-corrected chi connectivity index (χ1v) is 5.95. The summed E-state index contributed by atoms with van der Waals surface area (Å²) < 4.78 is 10.3. The molecule has 0 radical (unpaired) electrons. The molecule has 0 N–H and O–H groups in total. The van der Waals surface area contributed by atoms with E-state index in [0.29, 0.717) is 18.0 Å². The molecule has 0 spiro atoms. The Bertz CT molecular complexity index is 526. The highest BCUT2D eigenvalue weighted by Gasteiger charge is 2.07. The fourth-order valence-corrected chi connectivity index (χ4v) is 1.41. The summed E-state index contributed by atoms with van der Waals surface area (Å²) in [5.41, 5.74) is 0.338. The van der Waals surface area contributed by atoms with Crippen molar-refractivity contribution in [1.82, 2.24) is 9.97 Å². The number of esters is 1. The van der Waals surface area contributed by atoms with Crippen molar-refractivity contribution in [2.45, 2.75) is 13.5 Å². The lowest BCUT2D eigenvalue weighted by Crippen LogP contribution is -2.08. The van der Waals surface area contributed by atoms with Gasteiger partial charge in [0.15, 0.2) is 5.82 Å². The topological polar surface area (TPSA) is 61.3 Å². The Morgan fingerprint density at radius 1 is 1.16 bits per heavy atom. The zero-order valence-electron chi connectivity index (χ0n) is 10.6. The molecule has 19 heavy (non-hydrogen) atoms. The molecule has 0 saturated carbocycles. The van der Waals surface area contributed by atoms with Crippen LogP contribution in [0.5, 0.6) is 5.75 Å². The number of aromatic nitrogens is 2. The van der Waals surface area contributed by atoms with E-state index in [4.69, 9.17) is 9.47 Å². The highest BCUT2D eigenvalue weighted by Crippen LogP contribution is 2.10. The summed E-state index contributed by atoms with van der Waals surface area (Å²) in [6.07, 6.45) is 2.88. The molecule has 0 aliphatic heterocycles. The van der Waals surface area contributed by atoms with Gasteiger partial charge in [0, 0.05) is 12.4 Å². The van der Waals surface area contributed by atoms with Gasteiger partial charge in [0.05, 0.1) is 12.2 Å². The Balaban J connectivity index is 1.94. The summed E-state index contributed by atoms with van der Waals surface area (Å²) >= 11 is 0. The van der Waals surface area contributed by atoms with Gasteiger partial charge in [0.1, 0.15) is 12.4 Å². The average molecular weight is 258 g/mol. The minimum atomic E-state index is -0.418. The number of ether oxygens (including phenoxy) is 2. The molecule has 2 rings (SSSR count). The van der Waals surface area contributed by atoms with Gasteiger partial charge in [-0.25, -0.2) is 14.8 Å². The molecule has 0 aliphatic carbocycles. The number of hydrogen-bond acceptors (Lipinski definition) is 5. The van der Waals surface area contributed by atoms with Gasteiger partial charge in [-0.05, 0) is 19.1 Å². The van der Waals surface area contributed by atoms with E-state index in [0.717, 1.165) is 5.75 Å². The number of benzene rings is 1. The van der Waals surface area contributed by atoms with Gasteiger partial charge >= 0.3 is 5.97 Å². The third-order valence-corrected chi connectivity index (χ3v) is 2.33. The Hall–Kier alpha value is -2.43. The maximum Gasteiger partial charge on any atom is 0.341 e. The van der Waals surface area contributed by atoms with E-state index in [1.807, 2.05) is 30.3 Å². The maximum absolute atomic E-state index is 11.4. The average Bonchev–Trinajstić information content (AvgIpc) is 2.47. The lowest BCUT2D eigenvalue weighted by Gasteiger charge is -2.05. The van der Waals surface area contributed by atoms with Crippen molar-refractivity contribution in [3.8, 4) is 5.75 Å². The van der Waals surface area contributed by atoms with Crippen LogP contribution in [0.15, 0.2) is 42.7 Å². The van der Waals surface area contributed by atoms with Crippen molar-refractivity contribution < 1.29 is 14.3 Å². The third kappa shape index (κ3) is 3.77. The molecule has 0 saturated heterocycles. The molecule has 0 aliphatic rings. The number of para-hydroxylation sites is 1. The van der Waals surface area contributed by atoms with Crippen molar-refractivity contribution in [1.29, 1.82) is 0 Å². The Morgan fingerprint density at radius 2 is 1.84 bits per heavy atom. The monoisotopic (exact) mass is 258 g/mol. The minimum absolute atomic E-state index is 0.257. The zero-order valence-corrected chi connectivity index (χ0v) is 10.6. The second kappa shape index (κ2) is 6.49. The van der Waals surface area contributed by atoms with E-state index in [2.05, 4.69) is 9.97 Å². The molecule has 0 bridgehead atoms. The van der Waals surface area contributed by atoms with Crippen LogP contribution in [0.25, 0.3) is 0 Å². The summed E-state index contributed by atoms with van der Waals surface area (Å²) in [6.45, 7) is 2.34. The SMILES string of the molecule is CCOC(=O)c1cnc(COc2ccccc2)nc1. The zero-order chi connectivity index (χ0) is 13.5. The maximum atomic E-state index is 11.4. The lowest BCUT2D eigenvalue weighted by atomic mass is 10.3. The van der Waals surface area contributed by atoms with E-state index in [1.165, 1.54) is 12.4 Å². The van der Waals surface area contributed by atoms with Crippen LogP contribution in [0.4, 0.5) is 0 Å². The normalized spacial score (nSPS) is 9.95. The van der Waals surface area contributed by atoms with Crippen LogP contribution in [0.1, 0.15) is 23.1 Å². The van der Waals surface area contributed by atoms with Gasteiger partial charge < -0.3 is 9.47 Å². The second-order valence-corrected chi connectivity index (χ2v) is 3.71. The van der Waals surface area contributed by atoms with Gasteiger partial charge in [-0.15, -0.1) is 0 Å². The van der Waals surface area contributed by atoms with Gasteiger partial charge in [-0.1, -0.05) is 18.2 Å². The predicted molar refractivity (Wildman–Crippen MR) is 68.8 cm³/mol. The molecule has 2 aromatic rings. The van der Waals surface area contributed by atoms with Crippen molar-refractivity contribution in [3.05, 3.63) is 54.1 Å². The molecule has 1 aromatic heterocycles. The van der Waals surface area contributed by atoms with E-state index in [1.54, 1.807) is 6.92 Å². The summed E-state index contributed by atoms with van der Waals surface area (Å²) in [5, 5.41) is 0. The number of carbonyl (C=O) groups excluding carboxylic acids is 1. The number of carbonyl (C=O) groups is 1. The molecule has 0 unspecified atom stereocenters. The molecular formula is C14H14N2O3. The smallest absolute Gasteiger partial charge is 0.341 e. The van der Waals surface area contributed by atoms with E-state index >= 15 is 0 Å². The van der Waals surface area contributed by atoms with Crippen LogP contribution in [-0.4, -0.2) is 22.5 Å². The highest BCUT2D eigenvalue weighted by molar-refractivity contribution is 5.88. The molecule has 1 heterocycles. The van der Waals surface area contributed by atoms with Crippen molar-refractivity contribution in [2.75, 3.05) is 6.61 Å². The second-order valence-electron chi connectivity index (χ2n) is 3.71. The van der Waals surface area contributed by atoms with E-state index < -0.39 is 5.97 Å². The first-order valence-electron chi connectivity index (χ1n) is 5.95. The minimum Gasteiger partial charge on any atom is -0.486 e. The summed E-state index contributed by atoms with van der Waals surface area (Å²) in [7, 11) is 0. The number of nitrogens with zero attached hydrogens (tertiary/aromatic N) is 2. The molecule has 5 heteroatoms. The first kappa shape index (κ1) is 13.0. The standard InChI is InChI=1S/C14H14N2O3/c1-2-18-14(17)11-8-15-13(16-9-11)10-19-12-6-4-3-5-7-12/h3-9H,2,10H2,1H3. The van der Waals surface area contributed by atoms with Crippen molar-refractivity contribution in [2.24, 2.45) is 0 Å². The van der Waals surface area contributed by atoms with Crippen LogP contribution in [0.2, 0.25) is 0 Å². The molecule has 5 nitrogen and oxygen atoms in total. The van der Waals surface area contributed by atoms with Crippen LogP contribution in [0, 0.1) is 0 Å². The van der Waals surface area contributed by atoms with Gasteiger partial charge in [0.2, 0.25) is 0 Å². The van der Waals surface area contributed by atoms with Gasteiger partial charge in [0.25, 0.3) is 0 Å². The Labute approximate surface area is 111 Å². The molecule has 1 aromatic carbocycles. The van der Waals surface area contributed by atoms with Crippen LogP contribution >= 0.6 is 0 Å². The Kier molecular flexibility index (Phi) is 4.44. The van der Waals surface area contributed by atoms with Crippen LogP contribution in [-0.2, 0) is 11.3 Å². The highest BCUT2D eigenvalue weighted by atomic mass is 16.5. The summed E-state index contributed by atoms with van der Waals surface area (Å²) in [6, 6.07) is 9.40. The van der Waals surface area contributed by atoms with E-state index in [9.17, 15) is 4.79 Å². The van der Waals surface area contributed by atoms with Gasteiger partial charge in [-0.2, -0.15) is 0 Å². The van der Waals surface area contributed by atoms with Crippen molar-refractivity contribution >= 4 is 5.97 Å². The predicted octanol–water partition coefficient (Wildman–Crippen LogP) is 2.23. The third-order valence-electron chi connectivity index (χ3n) is 2.33. The molecule has 98 valence electrons. The lowest BCUT2D eigenvalue weighted by molar-refractivity contribution is 0.0525. The van der Waals surface area contributed by atoms with E-state index in [-0.39, 0.29) is 6.61 Å². The fraction of sp³-hybridized carbons (Fsp3) is 0.214. The first-order chi connectivity index (χ1) is 9.29. The van der Waals surface area contributed by atoms with Crippen LogP contribution in [0.3, 0.4) is 0 Å². The number of rotatable bonds is 5. The van der Waals surface area contributed by atoms with Crippen LogP contribution < -0.4 is 4.74 Å². The van der Waals surface area contributed by atoms with Crippen molar-refractivity contribution in [3.63, 3.8) is 0 Å². The van der Waals surface area contributed by atoms with Gasteiger partial charge in [-0.3, -0.25) is 0 Å². The largest absolute Gasteiger partial charge is 0.486 e. The molecular weight excluding hydrogens is 244 g/mol. The number of hydrogen-bond donors (Lipinski definition) is 0.